The minimum absolute atomic E-state index is 0.394. The van der Waals surface area contributed by atoms with Crippen LogP contribution in [0.4, 0.5) is 0 Å². The van der Waals surface area contributed by atoms with Crippen LogP contribution in [0, 0.1) is 0 Å². The van der Waals surface area contributed by atoms with Crippen molar-refractivity contribution >= 4 is 33.4 Å². The van der Waals surface area contributed by atoms with Gasteiger partial charge in [-0.05, 0) is 0 Å². The van der Waals surface area contributed by atoms with Crippen LogP contribution >= 0.6 is 0 Å². The van der Waals surface area contributed by atoms with Gasteiger partial charge in [0.05, 0.1) is 6.20 Å². The maximum absolute atomic E-state index is 5.27. The van der Waals surface area contributed by atoms with Crippen molar-refractivity contribution in [1.29, 1.82) is 0 Å². The van der Waals surface area contributed by atoms with E-state index >= 15 is 0 Å². The van der Waals surface area contributed by atoms with Crippen molar-refractivity contribution in [3.8, 4) is 33.6 Å². The van der Waals surface area contributed by atoms with E-state index in [-0.39, 0.29) is 0 Å². The Morgan fingerprint density at radius 1 is 0.829 bits per heavy atom. The van der Waals surface area contributed by atoms with E-state index < -0.39 is 0 Å². The van der Waals surface area contributed by atoms with Crippen LogP contribution < -0.4 is 0 Å². The molecule has 1 fully saturated rings. The van der Waals surface area contributed by atoms with Gasteiger partial charge in [-0.1, -0.05) is 0 Å². The van der Waals surface area contributed by atoms with Gasteiger partial charge >= 0.3 is 191 Å². The predicted octanol–water partition coefficient (Wildman–Crippen LogP) is 6.22. The van der Waals surface area contributed by atoms with Crippen LogP contribution in [0.5, 0.6) is 0 Å². The number of nitrogens with one attached hydrogen (secondary N) is 1. The fraction of sp³-hybridized carbons (Fsp3) is 0.133. The number of aromatic amines is 1. The number of fused-ring (bicyclic) bond motifs is 2. The van der Waals surface area contributed by atoms with E-state index in [1.165, 1.54) is 24.8 Å². The number of H-pyrrole nitrogens is 1. The van der Waals surface area contributed by atoms with Gasteiger partial charge in [0.25, 0.3) is 0 Å². The van der Waals surface area contributed by atoms with Gasteiger partial charge in [0, 0.05) is 5.39 Å². The zero-order valence-electron chi connectivity index (χ0n) is 19.3. The summed E-state index contributed by atoms with van der Waals surface area (Å²) in [4.78, 5) is 5.27. The Kier molecular flexibility index (Phi) is 4.72. The molecule has 0 bridgehead atoms. The molecule has 1 unspecified atom stereocenters. The number of benzene rings is 3. The number of hydrogen-bond donors (Lipinski definition) is 1. The van der Waals surface area contributed by atoms with Crippen LogP contribution in [0.3, 0.4) is 0 Å². The Hall–Kier alpha value is -3.62. The molecule has 6 aromatic rings. The second-order valence-corrected chi connectivity index (χ2v) is 11.9. The first-order valence-electron chi connectivity index (χ1n) is 12.1. The first kappa shape index (κ1) is 20.7. The molecule has 1 N–H and O–H groups in total. The van der Waals surface area contributed by atoms with Crippen LogP contribution in [0.15, 0.2) is 97.3 Å². The monoisotopic (exact) mass is 516 g/mol. The van der Waals surface area contributed by atoms with Gasteiger partial charge in [-0.2, -0.15) is 5.10 Å². The summed E-state index contributed by atoms with van der Waals surface area (Å²) in [6.07, 6.45) is 7.94. The number of rotatable bonds is 4. The molecule has 0 aliphatic heterocycles. The van der Waals surface area contributed by atoms with E-state index in [0.717, 1.165) is 50.2 Å². The van der Waals surface area contributed by atoms with Crippen LogP contribution in [-0.4, -0.2) is 36.4 Å². The second-order valence-electron chi connectivity index (χ2n) is 9.55. The first-order chi connectivity index (χ1) is 17.2. The molecular weight excluding hydrogens is 491 g/mol. The van der Waals surface area contributed by atoms with E-state index in [2.05, 4.69) is 106 Å². The third kappa shape index (κ3) is 3.36. The molecule has 0 spiro atoms. The molecule has 3 heterocycles. The van der Waals surface area contributed by atoms with E-state index in [1.54, 1.807) is 0 Å². The Bertz CT molecular complexity index is 1680. The van der Waals surface area contributed by atoms with Crippen molar-refractivity contribution in [3.05, 3.63) is 103 Å². The third-order valence-electron chi connectivity index (χ3n) is 7.43. The summed E-state index contributed by atoms with van der Waals surface area (Å²) in [5.41, 5.74) is 10.1. The van der Waals surface area contributed by atoms with Gasteiger partial charge in [-0.25, -0.2) is 0 Å². The molecular formula is C30H25AsN4. The summed E-state index contributed by atoms with van der Waals surface area (Å²) in [5, 5.41) is 8.39. The summed E-state index contributed by atoms with van der Waals surface area (Å²) in [5.74, 6) is 0. The zero-order chi connectivity index (χ0) is 23.4. The quantitative estimate of drug-likeness (QED) is 0.283. The topological polar surface area (TPSA) is 46.0 Å². The normalized spacial score (nSPS) is 14.9. The van der Waals surface area contributed by atoms with Gasteiger partial charge in [-0.15, -0.1) is 0 Å². The van der Waals surface area contributed by atoms with Crippen molar-refractivity contribution in [2.24, 2.45) is 0 Å². The molecule has 3 aromatic carbocycles. The van der Waals surface area contributed by atoms with E-state index in [9.17, 15) is 0 Å². The number of hydrogen-bond acceptors (Lipinski definition) is 2. The Morgan fingerprint density at radius 3 is 2.40 bits per heavy atom. The molecule has 0 amide bonds. The maximum atomic E-state index is 5.27. The van der Waals surface area contributed by atoms with Crippen LogP contribution in [-0.2, 0) is 4.20 Å². The Labute approximate surface area is 212 Å². The van der Waals surface area contributed by atoms with Crippen molar-refractivity contribution in [2.45, 2.75) is 23.5 Å². The van der Waals surface area contributed by atoms with Gasteiger partial charge in [-0.3, -0.25) is 5.10 Å². The van der Waals surface area contributed by atoms with Crippen molar-refractivity contribution in [2.75, 3.05) is 0 Å². The van der Waals surface area contributed by atoms with E-state index in [4.69, 9.17) is 4.98 Å². The van der Waals surface area contributed by atoms with Crippen LogP contribution in [0.1, 0.15) is 24.8 Å². The van der Waals surface area contributed by atoms with Crippen molar-refractivity contribution in [3.63, 3.8) is 0 Å². The van der Waals surface area contributed by atoms with Gasteiger partial charge < -0.3 is 0 Å². The summed E-state index contributed by atoms with van der Waals surface area (Å²) < 4.78 is 2.63. The molecule has 1 atom stereocenters. The Balaban J connectivity index is 1.44. The standard InChI is InChI=1S/C30H25AsN4/c31-30(15-5-16-30)24-13-11-20(12-14-24)27-28(21-6-2-1-3-7-21)35-17-4-8-25(29(35)33-27)22-9-10-23-19-32-34-26(23)18-22/h1-4,6-14,17-19H,5,15-16,31H2,(H,32,34). The fourth-order valence-corrected chi connectivity index (χ4v) is 6.54. The molecule has 5 heteroatoms. The number of nitrogens with zero attached hydrogens (tertiary/aromatic N) is 3. The Morgan fingerprint density at radius 2 is 1.63 bits per heavy atom. The van der Waals surface area contributed by atoms with Gasteiger partial charge in [0.1, 0.15) is 0 Å². The number of aromatic nitrogens is 4. The molecule has 7 rings (SSSR count). The molecule has 35 heavy (non-hydrogen) atoms. The van der Waals surface area contributed by atoms with Crippen molar-refractivity contribution in [1.82, 2.24) is 19.6 Å². The third-order valence-corrected chi connectivity index (χ3v) is 9.34. The summed E-state index contributed by atoms with van der Waals surface area (Å²) in [6.45, 7) is 0. The predicted molar refractivity (Wildman–Crippen MR) is 145 cm³/mol. The van der Waals surface area contributed by atoms with Crippen LogP contribution in [0.25, 0.3) is 50.2 Å². The summed E-state index contributed by atoms with van der Waals surface area (Å²) in [7, 11) is 0. The number of pyridine rings is 1. The fourth-order valence-electron chi connectivity index (χ4n) is 5.28. The molecule has 1 aliphatic carbocycles. The molecule has 0 radical (unpaired) electrons. The molecule has 0 saturated heterocycles. The molecule has 3 aromatic heterocycles. The summed E-state index contributed by atoms with van der Waals surface area (Å²) in [6, 6.07) is 30.4. The number of imidazole rings is 1. The molecule has 170 valence electrons. The van der Waals surface area contributed by atoms with Crippen LogP contribution in [0.2, 0.25) is 0 Å². The average molecular weight is 516 g/mol. The zero-order valence-corrected chi connectivity index (χ0v) is 21.7. The van der Waals surface area contributed by atoms with Crippen molar-refractivity contribution < 1.29 is 0 Å². The van der Waals surface area contributed by atoms with Gasteiger partial charge in [0.2, 0.25) is 0 Å². The molecule has 1 saturated carbocycles. The average Bonchev–Trinajstić information content (AvgIpc) is 3.52. The SMILES string of the molecule is [AsH2]C1(c2ccc(-c3nc4c(-c5ccc6cn[nH]c6c5)cccn4c3-c3ccccc3)cc2)CCC1. The summed E-state index contributed by atoms with van der Waals surface area (Å²) >= 11 is 1.86. The molecule has 1 aliphatic rings. The van der Waals surface area contributed by atoms with E-state index in [1.807, 2.05) is 23.0 Å². The second kappa shape index (κ2) is 7.96. The first-order valence-corrected chi connectivity index (χ1v) is 13.3. The molecule has 4 nitrogen and oxygen atoms in total. The minimum atomic E-state index is 0.394. The van der Waals surface area contributed by atoms with Gasteiger partial charge in [0.15, 0.2) is 0 Å². The van der Waals surface area contributed by atoms with E-state index in [0.29, 0.717) is 4.20 Å².